The molecule has 0 bridgehead atoms. The Bertz CT molecular complexity index is 365. The number of ether oxygens (including phenoxy) is 1. The van der Waals surface area contributed by atoms with E-state index in [2.05, 4.69) is 31.0 Å². The molecule has 1 aliphatic heterocycles. The average molecular weight is 280 g/mol. The van der Waals surface area contributed by atoms with Crippen molar-refractivity contribution < 1.29 is 9.15 Å². The Morgan fingerprint density at radius 1 is 1.45 bits per heavy atom. The van der Waals surface area contributed by atoms with E-state index in [0.29, 0.717) is 12.1 Å². The molecule has 0 aromatic carbocycles. The van der Waals surface area contributed by atoms with Crippen LogP contribution >= 0.6 is 0 Å². The summed E-state index contributed by atoms with van der Waals surface area (Å²) in [6.45, 7) is 10.6. The number of nitrogens with zero attached hydrogens (tertiary/aromatic N) is 1. The second-order valence-electron chi connectivity index (χ2n) is 5.89. The van der Waals surface area contributed by atoms with Crippen molar-refractivity contribution in [1.29, 1.82) is 0 Å². The van der Waals surface area contributed by atoms with Gasteiger partial charge in [0.2, 0.25) is 0 Å². The van der Waals surface area contributed by atoms with Crippen molar-refractivity contribution in [3.05, 3.63) is 24.2 Å². The van der Waals surface area contributed by atoms with Gasteiger partial charge in [0, 0.05) is 25.2 Å². The maximum atomic E-state index is 6.03. The minimum absolute atomic E-state index is 0.257. The highest BCUT2D eigenvalue weighted by molar-refractivity contribution is 5.08. The van der Waals surface area contributed by atoms with Crippen LogP contribution in [0.3, 0.4) is 0 Å². The van der Waals surface area contributed by atoms with E-state index in [9.17, 15) is 0 Å². The highest BCUT2D eigenvalue weighted by Crippen LogP contribution is 2.15. The van der Waals surface area contributed by atoms with Gasteiger partial charge in [-0.2, -0.15) is 0 Å². The number of hydrogen-bond donors (Lipinski definition) is 1. The fraction of sp³-hybridized carbons (Fsp3) is 0.750. The third kappa shape index (κ3) is 4.33. The molecule has 1 fully saturated rings. The van der Waals surface area contributed by atoms with E-state index in [4.69, 9.17) is 9.15 Å². The van der Waals surface area contributed by atoms with Gasteiger partial charge in [0.25, 0.3) is 0 Å². The summed E-state index contributed by atoms with van der Waals surface area (Å²) >= 11 is 0. The van der Waals surface area contributed by atoms with E-state index in [1.165, 1.54) is 5.56 Å². The zero-order valence-electron chi connectivity index (χ0n) is 13.0. The molecule has 2 unspecified atom stereocenters. The van der Waals surface area contributed by atoms with Crippen molar-refractivity contribution in [1.82, 2.24) is 10.2 Å². The summed E-state index contributed by atoms with van der Waals surface area (Å²) in [5.41, 5.74) is 1.24. The first kappa shape index (κ1) is 15.5. The Labute approximate surface area is 122 Å². The van der Waals surface area contributed by atoms with Gasteiger partial charge in [-0.05, 0) is 44.9 Å². The normalized spacial score (nSPS) is 22.3. The summed E-state index contributed by atoms with van der Waals surface area (Å²) in [6.07, 6.45) is 5.95. The van der Waals surface area contributed by atoms with Crippen LogP contribution in [-0.2, 0) is 11.2 Å². The van der Waals surface area contributed by atoms with Gasteiger partial charge < -0.3 is 14.5 Å². The van der Waals surface area contributed by atoms with Crippen LogP contribution in [0.1, 0.15) is 32.8 Å². The van der Waals surface area contributed by atoms with Gasteiger partial charge in [-0.25, -0.2) is 0 Å². The molecule has 0 saturated carbocycles. The van der Waals surface area contributed by atoms with Crippen LogP contribution < -0.4 is 5.32 Å². The topological polar surface area (TPSA) is 37.6 Å². The van der Waals surface area contributed by atoms with Crippen molar-refractivity contribution in [2.75, 3.05) is 26.2 Å². The van der Waals surface area contributed by atoms with Crippen molar-refractivity contribution >= 4 is 0 Å². The molecule has 114 valence electrons. The number of furan rings is 1. The van der Waals surface area contributed by atoms with E-state index >= 15 is 0 Å². The van der Waals surface area contributed by atoms with Crippen LogP contribution in [0.2, 0.25) is 0 Å². The standard InChI is InChI=1S/C16H28N2O2/c1-4-6-17-15(10-14-5-8-19-12-14)16-11-18(13(2)3)7-9-20-16/h5,8,12-13,15-17H,4,6-7,9-11H2,1-3H3. The van der Waals surface area contributed by atoms with E-state index < -0.39 is 0 Å². The van der Waals surface area contributed by atoms with Crippen LogP contribution in [0.15, 0.2) is 23.0 Å². The second-order valence-corrected chi connectivity index (χ2v) is 5.89. The SMILES string of the molecule is CCCNC(Cc1ccoc1)C1CN(C(C)C)CCO1. The van der Waals surface area contributed by atoms with Crippen molar-refractivity contribution in [3.63, 3.8) is 0 Å². The third-order valence-electron chi connectivity index (χ3n) is 4.00. The lowest BCUT2D eigenvalue weighted by Crippen LogP contribution is -2.54. The van der Waals surface area contributed by atoms with Gasteiger partial charge in [-0.15, -0.1) is 0 Å². The van der Waals surface area contributed by atoms with Gasteiger partial charge >= 0.3 is 0 Å². The molecular weight excluding hydrogens is 252 g/mol. The summed E-state index contributed by atoms with van der Waals surface area (Å²) in [4.78, 5) is 2.50. The van der Waals surface area contributed by atoms with Crippen LogP contribution in [0, 0.1) is 0 Å². The minimum atomic E-state index is 0.257. The highest BCUT2D eigenvalue weighted by atomic mass is 16.5. The molecular formula is C16H28N2O2. The summed E-state index contributed by atoms with van der Waals surface area (Å²) in [5, 5.41) is 3.64. The van der Waals surface area contributed by atoms with E-state index in [0.717, 1.165) is 39.1 Å². The molecule has 1 aliphatic rings. The first-order valence-corrected chi connectivity index (χ1v) is 7.80. The summed E-state index contributed by atoms with van der Waals surface area (Å²) in [7, 11) is 0. The zero-order valence-corrected chi connectivity index (χ0v) is 13.0. The summed E-state index contributed by atoms with van der Waals surface area (Å²) in [6, 6.07) is 2.99. The first-order chi connectivity index (χ1) is 9.70. The number of morpholine rings is 1. The molecule has 1 N–H and O–H groups in total. The predicted octanol–water partition coefficient (Wildman–Crippen LogP) is 2.30. The molecule has 0 spiro atoms. The maximum Gasteiger partial charge on any atom is 0.0935 e. The number of hydrogen-bond acceptors (Lipinski definition) is 4. The molecule has 2 rings (SSSR count). The largest absolute Gasteiger partial charge is 0.472 e. The first-order valence-electron chi connectivity index (χ1n) is 7.80. The molecule has 1 saturated heterocycles. The molecule has 4 heteroatoms. The Morgan fingerprint density at radius 2 is 2.30 bits per heavy atom. The quantitative estimate of drug-likeness (QED) is 0.831. The van der Waals surface area contributed by atoms with Crippen molar-refractivity contribution in [3.8, 4) is 0 Å². The Kier molecular flexibility index (Phi) is 6.07. The van der Waals surface area contributed by atoms with Gasteiger partial charge in [0.05, 0.1) is 25.2 Å². The van der Waals surface area contributed by atoms with Gasteiger partial charge in [0.15, 0.2) is 0 Å². The molecule has 2 atom stereocenters. The monoisotopic (exact) mass is 280 g/mol. The van der Waals surface area contributed by atoms with Gasteiger partial charge in [0.1, 0.15) is 0 Å². The molecule has 0 radical (unpaired) electrons. The number of nitrogens with one attached hydrogen (secondary N) is 1. The van der Waals surface area contributed by atoms with Crippen LogP contribution in [0.5, 0.6) is 0 Å². The third-order valence-corrected chi connectivity index (χ3v) is 4.00. The van der Waals surface area contributed by atoms with Crippen molar-refractivity contribution in [2.45, 2.75) is 51.8 Å². The lowest BCUT2D eigenvalue weighted by atomic mass is 10.0. The molecule has 4 nitrogen and oxygen atoms in total. The minimum Gasteiger partial charge on any atom is -0.472 e. The van der Waals surface area contributed by atoms with Crippen LogP contribution in [-0.4, -0.2) is 49.3 Å². The molecule has 1 aromatic heterocycles. The highest BCUT2D eigenvalue weighted by Gasteiger charge is 2.29. The van der Waals surface area contributed by atoms with Crippen LogP contribution in [0.25, 0.3) is 0 Å². The van der Waals surface area contributed by atoms with Gasteiger partial charge in [-0.3, -0.25) is 4.90 Å². The molecule has 1 aromatic rings. The summed E-state index contributed by atoms with van der Waals surface area (Å²) < 4.78 is 11.2. The molecule has 20 heavy (non-hydrogen) atoms. The Hall–Kier alpha value is -0.840. The zero-order chi connectivity index (χ0) is 14.4. The predicted molar refractivity (Wildman–Crippen MR) is 80.9 cm³/mol. The molecule has 0 aliphatic carbocycles. The van der Waals surface area contributed by atoms with Crippen LogP contribution in [0.4, 0.5) is 0 Å². The van der Waals surface area contributed by atoms with Gasteiger partial charge in [-0.1, -0.05) is 6.92 Å². The van der Waals surface area contributed by atoms with E-state index in [-0.39, 0.29) is 6.10 Å². The van der Waals surface area contributed by atoms with Crippen molar-refractivity contribution in [2.24, 2.45) is 0 Å². The Morgan fingerprint density at radius 3 is 2.95 bits per heavy atom. The fourth-order valence-electron chi connectivity index (χ4n) is 2.74. The Balaban J connectivity index is 1.97. The smallest absolute Gasteiger partial charge is 0.0935 e. The maximum absolute atomic E-state index is 6.03. The lowest BCUT2D eigenvalue weighted by molar-refractivity contribution is -0.0552. The fourth-order valence-corrected chi connectivity index (χ4v) is 2.74. The average Bonchev–Trinajstić information content (AvgIpc) is 2.96. The molecule has 2 heterocycles. The second kappa shape index (κ2) is 7.81. The molecule has 0 amide bonds. The number of rotatable bonds is 7. The van der Waals surface area contributed by atoms with E-state index in [1.54, 1.807) is 6.26 Å². The van der Waals surface area contributed by atoms with E-state index in [1.807, 2.05) is 12.3 Å². The lowest BCUT2D eigenvalue weighted by Gasteiger charge is -2.39. The summed E-state index contributed by atoms with van der Waals surface area (Å²) in [5.74, 6) is 0.